The summed E-state index contributed by atoms with van der Waals surface area (Å²) in [5, 5.41) is 10.0. The Morgan fingerprint density at radius 1 is 1.27 bits per heavy atom. The van der Waals surface area contributed by atoms with Crippen LogP contribution in [0.15, 0.2) is 30.6 Å². The van der Waals surface area contributed by atoms with Gasteiger partial charge in [0, 0.05) is 18.0 Å². The highest BCUT2D eigenvalue weighted by Gasteiger charge is 2.51. The molecule has 4 N–H and O–H groups in total. The number of aromatic nitrogens is 2. The van der Waals surface area contributed by atoms with Gasteiger partial charge in [0.1, 0.15) is 11.6 Å². The Hall–Kier alpha value is -3.17. The smallest absolute Gasteiger partial charge is 0.475 e. The van der Waals surface area contributed by atoms with Crippen molar-refractivity contribution in [3.63, 3.8) is 0 Å². The van der Waals surface area contributed by atoms with Crippen LogP contribution in [0.25, 0.3) is 0 Å². The zero-order valence-electron chi connectivity index (χ0n) is 13.2. The molecule has 3 heterocycles. The van der Waals surface area contributed by atoms with Crippen LogP contribution in [-0.4, -0.2) is 33.1 Å². The van der Waals surface area contributed by atoms with Crippen LogP contribution in [0, 0.1) is 0 Å². The van der Waals surface area contributed by atoms with Crippen molar-refractivity contribution < 1.29 is 27.9 Å². The molecule has 1 aliphatic heterocycles. The van der Waals surface area contributed by atoms with Crippen LogP contribution in [0.2, 0.25) is 0 Å². The Bertz CT molecular complexity index is 901. The molecule has 7 nitrogen and oxygen atoms in total. The highest BCUT2D eigenvalue weighted by Crippen LogP contribution is 2.46. The van der Waals surface area contributed by atoms with E-state index in [0.29, 0.717) is 24.5 Å². The molecule has 1 amide bonds. The van der Waals surface area contributed by atoms with E-state index < -0.39 is 17.6 Å². The molecule has 2 aliphatic rings. The van der Waals surface area contributed by atoms with Gasteiger partial charge in [-0.1, -0.05) is 6.07 Å². The van der Waals surface area contributed by atoms with E-state index >= 15 is 0 Å². The van der Waals surface area contributed by atoms with Crippen LogP contribution in [0.3, 0.4) is 0 Å². The van der Waals surface area contributed by atoms with Crippen molar-refractivity contribution >= 4 is 23.5 Å². The first-order valence-electron chi connectivity index (χ1n) is 7.44. The van der Waals surface area contributed by atoms with Crippen molar-refractivity contribution in [1.29, 1.82) is 0 Å². The largest absolute Gasteiger partial charge is 0.490 e. The maximum Gasteiger partial charge on any atom is 0.490 e. The van der Waals surface area contributed by atoms with E-state index in [2.05, 4.69) is 15.3 Å². The molecule has 2 aromatic rings. The maximum atomic E-state index is 12.4. The second-order valence-corrected chi connectivity index (χ2v) is 5.97. The number of nitrogens with zero attached hydrogens (tertiary/aromatic N) is 2. The van der Waals surface area contributed by atoms with Crippen molar-refractivity contribution in [3.8, 4) is 0 Å². The van der Waals surface area contributed by atoms with Crippen molar-refractivity contribution in [1.82, 2.24) is 9.97 Å². The van der Waals surface area contributed by atoms with Gasteiger partial charge in [-0.25, -0.2) is 14.8 Å². The minimum atomic E-state index is -5.08. The fourth-order valence-electron chi connectivity index (χ4n) is 3.17. The van der Waals surface area contributed by atoms with Gasteiger partial charge in [0.05, 0.1) is 5.41 Å². The molecule has 1 atom stereocenters. The fourth-order valence-corrected chi connectivity index (χ4v) is 3.17. The lowest BCUT2D eigenvalue weighted by atomic mass is 9.79. The van der Waals surface area contributed by atoms with Crippen LogP contribution in [0.4, 0.5) is 24.8 Å². The molecule has 2 aromatic heterocycles. The number of hydrogen-bond donors (Lipinski definition) is 3. The lowest BCUT2D eigenvalue weighted by molar-refractivity contribution is -0.192. The first-order valence-corrected chi connectivity index (χ1v) is 7.44. The summed E-state index contributed by atoms with van der Waals surface area (Å²) in [5.74, 6) is -1.55. The van der Waals surface area contributed by atoms with E-state index in [1.165, 1.54) is 0 Å². The lowest BCUT2D eigenvalue weighted by Gasteiger charge is -2.20. The summed E-state index contributed by atoms with van der Waals surface area (Å²) >= 11 is 0. The number of carbonyl (C=O) groups is 2. The van der Waals surface area contributed by atoms with Gasteiger partial charge < -0.3 is 16.2 Å². The minimum absolute atomic E-state index is 0.0240. The number of nitrogen functional groups attached to an aromatic ring is 1. The summed E-state index contributed by atoms with van der Waals surface area (Å²) < 4.78 is 31.7. The normalized spacial score (nSPS) is 20.0. The molecule has 1 aliphatic carbocycles. The SMILES string of the molecule is Nc1cc2c(cn1)CC1(C2)C(=O)Nc2ncccc21.O=C(O)C(F)(F)F. The van der Waals surface area contributed by atoms with Crippen molar-refractivity contribution in [2.45, 2.75) is 24.4 Å². The molecule has 10 heteroatoms. The molecule has 4 rings (SSSR count). The van der Waals surface area contributed by atoms with E-state index in [1.54, 1.807) is 12.4 Å². The summed E-state index contributed by atoms with van der Waals surface area (Å²) in [6.07, 6.45) is -0.277. The minimum Gasteiger partial charge on any atom is -0.475 e. The Balaban J connectivity index is 0.000000242. The monoisotopic (exact) mass is 366 g/mol. The number of halogens is 3. The summed E-state index contributed by atoms with van der Waals surface area (Å²) in [7, 11) is 0. The molecule has 0 bridgehead atoms. The number of rotatable bonds is 0. The first kappa shape index (κ1) is 17.6. The Kier molecular flexibility index (Phi) is 4.05. The highest BCUT2D eigenvalue weighted by molar-refractivity contribution is 6.06. The number of carboxylic acids is 1. The molecular formula is C16H13F3N4O3. The number of amides is 1. The predicted molar refractivity (Wildman–Crippen MR) is 84.3 cm³/mol. The number of anilines is 2. The third kappa shape index (κ3) is 2.93. The van der Waals surface area contributed by atoms with Crippen LogP contribution >= 0.6 is 0 Å². The molecule has 0 aromatic carbocycles. The molecule has 0 radical (unpaired) electrons. The second kappa shape index (κ2) is 5.97. The molecule has 136 valence electrons. The highest BCUT2D eigenvalue weighted by atomic mass is 19.4. The number of pyridine rings is 2. The molecule has 0 saturated heterocycles. The third-order valence-electron chi connectivity index (χ3n) is 4.32. The average molecular weight is 366 g/mol. The van der Waals surface area contributed by atoms with E-state index in [0.717, 1.165) is 16.7 Å². The topological polar surface area (TPSA) is 118 Å². The Labute approximate surface area is 145 Å². The number of hydrogen-bond acceptors (Lipinski definition) is 5. The zero-order valence-corrected chi connectivity index (χ0v) is 13.2. The van der Waals surface area contributed by atoms with Crippen LogP contribution in [-0.2, 0) is 27.8 Å². The van der Waals surface area contributed by atoms with Gasteiger partial charge in [0.15, 0.2) is 0 Å². The summed E-state index contributed by atoms with van der Waals surface area (Å²) in [4.78, 5) is 29.7. The average Bonchev–Trinajstić information content (AvgIpc) is 3.06. The van der Waals surface area contributed by atoms with E-state index in [9.17, 15) is 18.0 Å². The summed E-state index contributed by atoms with van der Waals surface area (Å²) in [6, 6.07) is 5.71. The molecular weight excluding hydrogens is 353 g/mol. The molecule has 0 fully saturated rings. The molecule has 0 saturated carbocycles. The van der Waals surface area contributed by atoms with Crippen molar-refractivity contribution in [2.75, 3.05) is 11.1 Å². The van der Waals surface area contributed by atoms with E-state index in [1.807, 2.05) is 18.2 Å². The molecule has 1 spiro atoms. The van der Waals surface area contributed by atoms with Gasteiger partial charge >= 0.3 is 12.1 Å². The predicted octanol–water partition coefficient (Wildman–Crippen LogP) is 1.68. The number of fused-ring (bicyclic) bond motifs is 3. The zero-order chi connectivity index (χ0) is 19.1. The number of nitrogens with two attached hydrogens (primary N) is 1. The van der Waals surface area contributed by atoms with Crippen LogP contribution < -0.4 is 11.1 Å². The quantitative estimate of drug-likeness (QED) is 0.653. The number of nitrogens with one attached hydrogen (secondary N) is 1. The fraction of sp³-hybridized carbons (Fsp3) is 0.250. The number of aliphatic carboxylic acids is 1. The van der Waals surface area contributed by atoms with Gasteiger partial charge in [-0.15, -0.1) is 0 Å². The number of alkyl halides is 3. The van der Waals surface area contributed by atoms with E-state index in [4.69, 9.17) is 15.6 Å². The van der Waals surface area contributed by atoms with Gasteiger partial charge in [0.2, 0.25) is 5.91 Å². The number of carbonyl (C=O) groups excluding carboxylic acids is 1. The van der Waals surface area contributed by atoms with Gasteiger partial charge in [0.25, 0.3) is 0 Å². The van der Waals surface area contributed by atoms with Gasteiger partial charge in [-0.2, -0.15) is 13.2 Å². The van der Waals surface area contributed by atoms with Gasteiger partial charge in [-0.3, -0.25) is 4.79 Å². The van der Waals surface area contributed by atoms with Crippen molar-refractivity contribution in [2.24, 2.45) is 0 Å². The Morgan fingerprint density at radius 3 is 2.58 bits per heavy atom. The number of carboxylic acid groups (broad SMARTS) is 1. The van der Waals surface area contributed by atoms with Gasteiger partial charge in [-0.05, 0) is 36.1 Å². The third-order valence-corrected chi connectivity index (χ3v) is 4.32. The maximum absolute atomic E-state index is 12.4. The van der Waals surface area contributed by atoms with Crippen LogP contribution in [0.1, 0.15) is 16.7 Å². The van der Waals surface area contributed by atoms with Crippen LogP contribution in [0.5, 0.6) is 0 Å². The summed E-state index contributed by atoms with van der Waals surface area (Å²) in [6.45, 7) is 0. The van der Waals surface area contributed by atoms with Crippen molar-refractivity contribution in [3.05, 3.63) is 47.3 Å². The summed E-state index contributed by atoms with van der Waals surface area (Å²) in [5.41, 5.74) is 8.39. The van der Waals surface area contributed by atoms with E-state index in [-0.39, 0.29) is 5.91 Å². The molecule has 1 unspecified atom stereocenters. The Morgan fingerprint density at radius 2 is 1.92 bits per heavy atom. The lowest BCUT2D eigenvalue weighted by Crippen LogP contribution is -2.35. The molecule has 26 heavy (non-hydrogen) atoms. The standard InChI is InChI=1S/C14H12N4O.C2HF3O2/c15-11-4-8-5-14(6-9(8)7-17-11)10-2-1-3-16-12(10)18-13(14)19;3-2(4,5)1(6)7/h1-4,7H,5-6H2,(H2,15,17)(H,16,18,19);(H,6,7). The first-order chi connectivity index (χ1) is 12.1. The second-order valence-electron chi connectivity index (χ2n) is 5.97.